The molecule has 1 aromatic carbocycles. The first-order valence-electron chi connectivity index (χ1n) is 11.8. The lowest BCUT2D eigenvalue weighted by Gasteiger charge is -2.31. The molecule has 1 N–H and O–H groups in total. The summed E-state index contributed by atoms with van der Waals surface area (Å²) < 4.78 is 0. The van der Waals surface area contributed by atoms with Gasteiger partial charge in [0.15, 0.2) is 0 Å². The number of rotatable bonds is 7. The molecule has 0 radical (unpaired) electrons. The summed E-state index contributed by atoms with van der Waals surface area (Å²) in [6, 6.07) is 8.26. The molecule has 0 spiro atoms. The van der Waals surface area contributed by atoms with E-state index in [0.717, 1.165) is 60.2 Å². The van der Waals surface area contributed by atoms with E-state index in [1.54, 1.807) is 0 Å². The highest BCUT2D eigenvalue weighted by atomic mass is 32.1. The minimum Gasteiger partial charge on any atom is -0.355 e. The quantitative estimate of drug-likeness (QED) is 0.690. The number of amides is 2. The van der Waals surface area contributed by atoms with Gasteiger partial charge in [0.1, 0.15) is 9.88 Å². The van der Waals surface area contributed by atoms with Crippen LogP contribution in [0.4, 0.5) is 0 Å². The third kappa shape index (κ3) is 5.75. The van der Waals surface area contributed by atoms with Crippen molar-refractivity contribution in [2.75, 3.05) is 39.3 Å². The van der Waals surface area contributed by atoms with E-state index in [2.05, 4.69) is 46.4 Å². The average molecular weight is 455 g/mol. The first kappa shape index (κ1) is 22.9. The van der Waals surface area contributed by atoms with Crippen molar-refractivity contribution in [3.8, 4) is 10.6 Å². The van der Waals surface area contributed by atoms with E-state index < -0.39 is 0 Å². The van der Waals surface area contributed by atoms with Gasteiger partial charge in [0.2, 0.25) is 5.91 Å². The molecule has 1 aromatic heterocycles. The number of aromatic nitrogens is 1. The molecule has 0 unspecified atom stereocenters. The SMILES string of the molecule is Cc1ccc(-c2nc(C)c(C(=O)N3CCC(CC(=O)NCCN4CCCC4)CC3)s2)cc1. The summed E-state index contributed by atoms with van der Waals surface area (Å²) in [4.78, 5) is 35.2. The summed E-state index contributed by atoms with van der Waals surface area (Å²) in [5.41, 5.74) is 3.06. The molecule has 2 aromatic rings. The summed E-state index contributed by atoms with van der Waals surface area (Å²) in [6.07, 6.45) is 4.89. The standard InChI is InChI=1S/C25H34N4O2S/c1-18-5-7-21(8-6-18)24-27-19(2)23(32-24)25(31)29-14-9-20(10-15-29)17-22(30)26-11-16-28-12-3-4-13-28/h5-8,20H,3-4,9-17H2,1-2H3,(H,26,30). The van der Waals surface area contributed by atoms with Crippen LogP contribution in [0.3, 0.4) is 0 Å². The van der Waals surface area contributed by atoms with Gasteiger partial charge in [-0.1, -0.05) is 29.8 Å². The maximum absolute atomic E-state index is 13.1. The Morgan fingerprint density at radius 3 is 2.44 bits per heavy atom. The second-order valence-electron chi connectivity index (χ2n) is 9.14. The van der Waals surface area contributed by atoms with E-state index in [1.165, 1.54) is 29.7 Å². The van der Waals surface area contributed by atoms with Crippen LogP contribution < -0.4 is 5.32 Å². The van der Waals surface area contributed by atoms with E-state index in [0.29, 0.717) is 25.4 Å². The van der Waals surface area contributed by atoms with E-state index in [-0.39, 0.29) is 11.8 Å². The number of hydrogen-bond donors (Lipinski definition) is 1. The smallest absolute Gasteiger partial charge is 0.265 e. The monoisotopic (exact) mass is 454 g/mol. The lowest BCUT2D eigenvalue weighted by Crippen LogP contribution is -2.40. The molecule has 0 saturated carbocycles. The molecule has 32 heavy (non-hydrogen) atoms. The maximum atomic E-state index is 13.1. The number of nitrogens with zero attached hydrogens (tertiary/aromatic N) is 3. The van der Waals surface area contributed by atoms with E-state index in [4.69, 9.17) is 0 Å². The Hall–Kier alpha value is -2.25. The third-order valence-corrected chi connectivity index (χ3v) is 7.81. The number of piperidine rings is 1. The maximum Gasteiger partial charge on any atom is 0.265 e. The number of thiazole rings is 1. The van der Waals surface area contributed by atoms with Crippen molar-refractivity contribution in [1.29, 1.82) is 0 Å². The molecule has 2 saturated heterocycles. The van der Waals surface area contributed by atoms with Crippen LogP contribution in [0.2, 0.25) is 0 Å². The highest BCUT2D eigenvalue weighted by Gasteiger charge is 2.27. The molecule has 2 aliphatic rings. The van der Waals surface area contributed by atoms with Crippen LogP contribution >= 0.6 is 11.3 Å². The van der Waals surface area contributed by atoms with Gasteiger partial charge in [-0.25, -0.2) is 4.98 Å². The Bertz CT molecular complexity index is 926. The van der Waals surface area contributed by atoms with Crippen molar-refractivity contribution < 1.29 is 9.59 Å². The molecule has 7 heteroatoms. The number of carbonyl (C=O) groups excluding carboxylic acids is 2. The zero-order valence-electron chi connectivity index (χ0n) is 19.2. The first-order valence-corrected chi connectivity index (χ1v) is 12.6. The lowest BCUT2D eigenvalue weighted by atomic mass is 9.93. The van der Waals surface area contributed by atoms with Crippen molar-refractivity contribution in [3.63, 3.8) is 0 Å². The average Bonchev–Trinajstić information content (AvgIpc) is 3.44. The van der Waals surface area contributed by atoms with Gasteiger partial charge < -0.3 is 15.1 Å². The second-order valence-corrected chi connectivity index (χ2v) is 10.1. The number of likely N-dealkylation sites (tertiary alicyclic amines) is 2. The molecule has 3 heterocycles. The van der Waals surface area contributed by atoms with Gasteiger partial charge in [-0.05, 0) is 58.5 Å². The van der Waals surface area contributed by atoms with Gasteiger partial charge in [-0.2, -0.15) is 0 Å². The van der Waals surface area contributed by atoms with E-state index in [1.807, 2.05) is 11.8 Å². The van der Waals surface area contributed by atoms with Gasteiger partial charge in [0, 0.05) is 38.2 Å². The van der Waals surface area contributed by atoms with Crippen LogP contribution in [0, 0.1) is 19.8 Å². The normalized spacial score (nSPS) is 17.6. The molecule has 172 valence electrons. The highest BCUT2D eigenvalue weighted by molar-refractivity contribution is 7.17. The number of carbonyl (C=O) groups is 2. The summed E-state index contributed by atoms with van der Waals surface area (Å²) in [7, 11) is 0. The molecule has 0 atom stereocenters. The van der Waals surface area contributed by atoms with Gasteiger partial charge in [0.25, 0.3) is 5.91 Å². The van der Waals surface area contributed by atoms with Crippen LogP contribution in [0.1, 0.15) is 53.0 Å². The van der Waals surface area contributed by atoms with Gasteiger partial charge in [-0.3, -0.25) is 9.59 Å². The second kappa shape index (κ2) is 10.6. The fourth-order valence-corrected chi connectivity index (χ4v) is 5.63. The zero-order chi connectivity index (χ0) is 22.5. The Kier molecular flexibility index (Phi) is 7.58. The van der Waals surface area contributed by atoms with Crippen LogP contribution in [-0.4, -0.2) is 65.9 Å². The predicted molar refractivity (Wildman–Crippen MR) is 129 cm³/mol. The summed E-state index contributed by atoms with van der Waals surface area (Å²) in [6.45, 7) is 9.42. The minimum atomic E-state index is 0.0758. The molecule has 4 rings (SSSR count). The largest absolute Gasteiger partial charge is 0.355 e. The number of aryl methyl sites for hydroxylation is 2. The zero-order valence-corrected chi connectivity index (χ0v) is 20.0. The Morgan fingerprint density at radius 2 is 1.75 bits per heavy atom. The summed E-state index contributed by atoms with van der Waals surface area (Å²) >= 11 is 1.48. The van der Waals surface area contributed by atoms with Crippen LogP contribution in [-0.2, 0) is 4.79 Å². The molecule has 6 nitrogen and oxygen atoms in total. The third-order valence-electron chi connectivity index (χ3n) is 6.61. The summed E-state index contributed by atoms with van der Waals surface area (Å²) in [5.74, 6) is 0.582. The number of nitrogens with one attached hydrogen (secondary N) is 1. The van der Waals surface area contributed by atoms with Gasteiger partial charge in [0.05, 0.1) is 5.69 Å². The molecule has 2 amide bonds. The predicted octanol–water partition coefficient (Wildman–Crippen LogP) is 3.88. The van der Waals surface area contributed by atoms with Crippen molar-refractivity contribution in [2.24, 2.45) is 5.92 Å². The fraction of sp³-hybridized carbons (Fsp3) is 0.560. The molecule has 2 fully saturated rings. The summed E-state index contributed by atoms with van der Waals surface area (Å²) in [5, 5.41) is 3.97. The number of benzene rings is 1. The van der Waals surface area contributed by atoms with Crippen molar-refractivity contribution in [1.82, 2.24) is 20.1 Å². The van der Waals surface area contributed by atoms with Crippen LogP contribution in [0.15, 0.2) is 24.3 Å². The van der Waals surface area contributed by atoms with E-state index in [9.17, 15) is 9.59 Å². The first-order chi connectivity index (χ1) is 15.5. The van der Waals surface area contributed by atoms with Gasteiger partial charge >= 0.3 is 0 Å². The van der Waals surface area contributed by atoms with Crippen molar-refractivity contribution >= 4 is 23.2 Å². The Labute approximate surface area is 195 Å². The molecular formula is C25H34N4O2S. The topological polar surface area (TPSA) is 65.5 Å². The van der Waals surface area contributed by atoms with E-state index >= 15 is 0 Å². The molecule has 0 aliphatic carbocycles. The molecular weight excluding hydrogens is 420 g/mol. The Balaban J connectivity index is 1.24. The molecule has 2 aliphatic heterocycles. The minimum absolute atomic E-state index is 0.0758. The van der Waals surface area contributed by atoms with Gasteiger partial charge in [-0.15, -0.1) is 11.3 Å². The van der Waals surface area contributed by atoms with Crippen LogP contribution in [0.25, 0.3) is 10.6 Å². The number of hydrogen-bond acceptors (Lipinski definition) is 5. The van der Waals surface area contributed by atoms with Crippen LogP contribution in [0.5, 0.6) is 0 Å². The van der Waals surface area contributed by atoms with Crippen molar-refractivity contribution in [2.45, 2.75) is 46.0 Å². The fourth-order valence-electron chi connectivity index (χ4n) is 4.59. The Morgan fingerprint density at radius 1 is 1.06 bits per heavy atom. The highest BCUT2D eigenvalue weighted by Crippen LogP contribution is 2.30. The lowest BCUT2D eigenvalue weighted by molar-refractivity contribution is -0.122. The van der Waals surface area contributed by atoms with Crippen molar-refractivity contribution in [3.05, 3.63) is 40.4 Å². The molecule has 0 bridgehead atoms.